The van der Waals surface area contributed by atoms with Crippen LogP contribution in [0.3, 0.4) is 0 Å². The highest BCUT2D eigenvalue weighted by Crippen LogP contribution is 2.25. The van der Waals surface area contributed by atoms with Gasteiger partial charge in [-0.3, -0.25) is 14.9 Å². The maximum Gasteiger partial charge on any atom is 0.119 e. The van der Waals surface area contributed by atoms with Crippen molar-refractivity contribution in [2.75, 3.05) is 13.1 Å². The summed E-state index contributed by atoms with van der Waals surface area (Å²) in [5.74, 6) is 0.978. The molecule has 1 aliphatic heterocycles. The molecule has 0 amide bonds. The van der Waals surface area contributed by atoms with Crippen molar-refractivity contribution in [3.05, 3.63) is 54.1 Å². The van der Waals surface area contributed by atoms with Crippen LogP contribution in [0.5, 0.6) is 5.75 Å². The summed E-state index contributed by atoms with van der Waals surface area (Å²) in [6, 6.07) is 8.63. The monoisotopic (exact) mass is 297 g/mol. The van der Waals surface area contributed by atoms with Crippen molar-refractivity contribution in [3.63, 3.8) is 0 Å². The van der Waals surface area contributed by atoms with Gasteiger partial charge in [-0.25, -0.2) is 0 Å². The molecular weight excluding hydrogens is 274 g/mol. The molecule has 1 aromatic heterocycles. The molecule has 1 unspecified atom stereocenters. The van der Waals surface area contributed by atoms with E-state index in [1.807, 2.05) is 6.20 Å². The first-order valence-corrected chi connectivity index (χ1v) is 7.95. The van der Waals surface area contributed by atoms with E-state index in [1.54, 1.807) is 12.4 Å². The van der Waals surface area contributed by atoms with E-state index in [9.17, 15) is 0 Å². The van der Waals surface area contributed by atoms with Crippen LogP contribution in [-0.4, -0.2) is 34.1 Å². The first-order chi connectivity index (χ1) is 10.7. The van der Waals surface area contributed by atoms with Gasteiger partial charge in [-0.2, -0.15) is 0 Å². The second-order valence-corrected chi connectivity index (χ2v) is 5.97. The lowest BCUT2D eigenvalue weighted by Crippen LogP contribution is -2.39. The number of hydrogen-bond donors (Lipinski definition) is 0. The Kier molecular flexibility index (Phi) is 4.68. The van der Waals surface area contributed by atoms with Crippen LogP contribution in [0.25, 0.3) is 0 Å². The van der Waals surface area contributed by atoms with Crippen LogP contribution in [0.1, 0.15) is 37.1 Å². The number of benzene rings is 1. The normalized spacial score (nSPS) is 18.1. The van der Waals surface area contributed by atoms with Crippen molar-refractivity contribution < 1.29 is 4.74 Å². The van der Waals surface area contributed by atoms with Crippen molar-refractivity contribution in [2.45, 2.75) is 38.8 Å². The topological polar surface area (TPSA) is 38.2 Å². The van der Waals surface area contributed by atoms with Crippen LogP contribution >= 0.6 is 0 Å². The lowest BCUT2D eigenvalue weighted by Gasteiger charge is -2.35. The molecule has 0 aliphatic carbocycles. The fourth-order valence-corrected chi connectivity index (χ4v) is 2.90. The number of likely N-dealkylation sites (tertiary alicyclic amines) is 1. The number of rotatable bonds is 4. The Balaban J connectivity index is 1.53. The predicted molar refractivity (Wildman–Crippen MR) is 86.8 cm³/mol. The Hall–Kier alpha value is -1.94. The fourth-order valence-electron chi connectivity index (χ4n) is 2.90. The SMILES string of the molecule is Cc1ccc(OC2CCN(C(C)c3cnccn3)CC2)cc1. The van der Waals surface area contributed by atoms with Crippen LogP contribution in [0, 0.1) is 6.92 Å². The average molecular weight is 297 g/mol. The van der Waals surface area contributed by atoms with E-state index in [0.29, 0.717) is 12.1 Å². The van der Waals surface area contributed by atoms with E-state index in [4.69, 9.17) is 4.74 Å². The molecule has 0 saturated carbocycles. The zero-order valence-electron chi connectivity index (χ0n) is 13.3. The second kappa shape index (κ2) is 6.88. The molecule has 2 heterocycles. The highest BCUT2D eigenvalue weighted by atomic mass is 16.5. The zero-order valence-corrected chi connectivity index (χ0v) is 13.3. The Morgan fingerprint density at radius 3 is 2.50 bits per heavy atom. The van der Waals surface area contributed by atoms with Gasteiger partial charge in [0.15, 0.2) is 0 Å². The molecule has 4 nitrogen and oxygen atoms in total. The van der Waals surface area contributed by atoms with E-state index in [0.717, 1.165) is 37.4 Å². The van der Waals surface area contributed by atoms with Crippen molar-refractivity contribution in [1.82, 2.24) is 14.9 Å². The molecule has 116 valence electrons. The molecule has 0 radical (unpaired) electrons. The summed E-state index contributed by atoms with van der Waals surface area (Å²) < 4.78 is 6.09. The molecule has 3 rings (SSSR count). The maximum atomic E-state index is 6.09. The van der Waals surface area contributed by atoms with E-state index >= 15 is 0 Å². The lowest BCUT2D eigenvalue weighted by atomic mass is 10.0. The summed E-state index contributed by atoms with van der Waals surface area (Å²) >= 11 is 0. The minimum atomic E-state index is 0.313. The Morgan fingerprint density at radius 1 is 1.14 bits per heavy atom. The molecule has 0 N–H and O–H groups in total. The minimum Gasteiger partial charge on any atom is -0.490 e. The van der Waals surface area contributed by atoms with E-state index in [-0.39, 0.29) is 0 Å². The highest BCUT2D eigenvalue weighted by molar-refractivity contribution is 5.26. The summed E-state index contributed by atoms with van der Waals surface area (Å²) in [6.45, 7) is 6.36. The quantitative estimate of drug-likeness (QED) is 0.867. The molecule has 1 aromatic carbocycles. The zero-order chi connectivity index (χ0) is 15.4. The maximum absolute atomic E-state index is 6.09. The number of piperidine rings is 1. The Morgan fingerprint density at radius 2 is 1.86 bits per heavy atom. The Labute approximate surface area is 132 Å². The van der Waals surface area contributed by atoms with Gasteiger partial charge in [0.1, 0.15) is 11.9 Å². The first kappa shape index (κ1) is 15.0. The molecule has 0 spiro atoms. The summed E-state index contributed by atoms with van der Waals surface area (Å²) in [5.41, 5.74) is 2.31. The van der Waals surface area contributed by atoms with Crippen LogP contribution in [-0.2, 0) is 0 Å². The van der Waals surface area contributed by atoms with E-state index in [2.05, 4.69) is 53.0 Å². The molecular formula is C18H23N3O. The predicted octanol–water partition coefficient (Wildman–Crippen LogP) is 3.39. The lowest BCUT2D eigenvalue weighted by molar-refractivity contribution is 0.0785. The summed E-state index contributed by atoms with van der Waals surface area (Å²) in [6.07, 6.45) is 7.76. The highest BCUT2D eigenvalue weighted by Gasteiger charge is 2.25. The van der Waals surface area contributed by atoms with Gasteiger partial charge in [0.2, 0.25) is 0 Å². The van der Waals surface area contributed by atoms with Crippen LogP contribution in [0.4, 0.5) is 0 Å². The average Bonchev–Trinajstić information content (AvgIpc) is 2.58. The number of hydrogen-bond acceptors (Lipinski definition) is 4. The van der Waals surface area contributed by atoms with Gasteiger partial charge in [-0.15, -0.1) is 0 Å². The first-order valence-electron chi connectivity index (χ1n) is 7.95. The Bertz CT molecular complexity index is 577. The van der Waals surface area contributed by atoms with Gasteiger partial charge in [-0.1, -0.05) is 17.7 Å². The molecule has 1 saturated heterocycles. The summed E-state index contributed by atoms with van der Waals surface area (Å²) in [7, 11) is 0. The molecule has 1 fully saturated rings. The third-order valence-electron chi connectivity index (χ3n) is 4.36. The largest absolute Gasteiger partial charge is 0.490 e. The molecule has 22 heavy (non-hydrogen) atoms. The van der Waals surface area contributed by atoms with E-state index in [1.165, 1.54) is 5.56 Å². The molecule has 2 aromatic rings. The molecule has 1 atom stereocenters. The molecule has 4 heteroatoms. The number of aromatic nitrogens is 2. The van der Waals surface area contributed by atoms with Gasteiger partial charge < -0.3 is 4.74 Å². The van der Waals surface area contributed by atoms with Gasteiger partial charge in [-0.05, 0) is 38.8 Å². The third-order valence-corrected chi connectivity index (χ3v) is 4.36. The third kappa shape index (κ3) is 3.63. The second-order valence-electron chi connectivity index (χ2n) is 5.97. The van der Waals surface area contributed by atoms with Gasteiger partial charge >= 0.3 is 0 Å². The van der Waals surface area contributed by atoms with Gasteiger partial charge in [0, 0.05) is 31.7 Å². The molecule has 1 aliphatic rings. The summed E-state index contributed by atoms with van der Waals surface area (Å²) in [4.78, 5) is 11.0. The van der Waals surface area contributed by atoms with Crippen molar-refractivity contribution in [1.29, 1.82) is 0 Å². The minimum absolute atomic E-state index is 0.313. The standard InChI is InChI=1S/C18H23N3O/c1-14-3-5-16(6-4-14)22-17-7-11-21(12-8-17)15(2)18-13-19-9-10-20-18/h3-6,9-10,13,15,17H,7-8,11-12H2,1-2H3. The van der Waals surface area contributed by atoms with Crippen molar-refractivity contribution >= 4 is 0 Å². The fraction of sp³-hybridized carbons (Fsp3) is 0.444. The van der Waals surface area contributed by atoms with Gasteiger partial charge in [0.05, 0.1) is 11.7 Å². The van der Waals surface area contributed by atoms with Crippen LogP contribution < -0.4 is 4.74 Å². The summed E-state index contributed by atoms with van der Waals surface area (Å²) in [5, 5.41) is 0. The number of aryl methyl sites for hydroxylation is 1. The van der Waals surface area contributed by atoms with E-state index < -0.39 is 0 Å². The number of nitrogens with zero attached hydrogens (tertiary/aromatic N) is 3. The van der Waals surface area contributed by atoms with Crippen molar-refractivity contribution in [3.8, 4) is 5.75 Å². The van der Waals surface area contributed by atoms with Crippen LogP contribution in [0.2, 0.25) is 0 Å². The number of ether oxygens (including phenoxy) is 1. The van der Waals surface area contributed by atoms with Crippen molar-refractivity contribution in [2.24, 2.45) is 0 Å². The molecule has 0 bridgehead atoms. The smallest absolute Gasteiger partial charge is 0.119 e. The van der Waals surface area contributed by atoms with Crippen LogP contribution in [0.15, 0.2) is 42.9 Å². The van der Waals surface area contributed by atoms with Gasteiger partial charge in [0.25, 0.3) is 0 Å².